The van der Waals surface area contributed by atoms with Gasteiger partial charge in [0.1, 0.15) is 0 Å². The van der Waals surface area contributed by atoms with E-state index < -0.39 is 0 Å². The zero-order valence-corrected chi connectivity index (χ0v) is 7.66. The molecule has 0 saturated carbocycles. The van der Waals surface area contributed by atoms with E-state index in [-0.39, 0.29) is 0 Å². The molecule has 0 amide bonds. The van der Waals surface area contributed by atoms with Crippen molar-refractivity contribution in [2.45, 2.75) is 18.8 Å². The van der Waals surface area contributed by atoms with Crippen LogP contribution >= 0.6 is 0 Å². The molecule has 1 saturated heterocycles. The Morgan fingerprint density at radius 1 is 1.54 bits per heavy atom. The molecule has 1 aromatic heterocycles. The number of rotatable bonds is 1. The topological polar surface area (TPSA) is 50.9 Å². The van der Waals surface area contributed by atoms with Crippen LogP contribution in [-0.2, 0) is 0 Å². The third-order valence-corrected chi connectivity index (χ3v) is 2.62. The second kappa shape index (κ2) is 3.75. The Balaban J connectivity index is 2.18. The molecule has 0 spiro atoms. The summed E-state index contributed by atoms with van der Waals surface area (Å²) in [7, 11) is 0. The second-order valence-corrected chi connectivity index (χ2v) is 3.55. The fraction of sp³-hybridized carbons (Fsp3) is 0.500. The van der Waals surface area contributed by atoms with Gasteiger partial charge in [-0.1, -0.05) is 0 Å². The van der Waals surface area contributed by atoms with Crippen molar-refractivity contribution in [3.63, 3.8) is 0 Å². The van der Waals surface area contributed by atoms with Crippen LogP contribution in [0.2, 0.25) is 0 Å². The maximum Gasteiger partial charge on any atom is 0.0536 e. The van der Waals surface area contributed by atoms with Crippen LogP contribution in [0.5, 0.6) is 0 Å². The van der Waals surface area contributed by atoms with Crippen LogP contribution in [0.25, 0.3) is 0 Å². The van der Waals surface area contributed by atoms with Crippen LogP contribution < -0.4 is 11.1 Å². The Kier molecular flexibility index (Phi) is 2.45. The number of nitrogens with zero attached hydrogens (tertiary/aromatic N) is 1. The van der Waals surface area contributed by atoms with Crippen LogP contribution in [0, 0.1) is 0 Å². The molecule has 1 atom stereocenters. The van der Waals surface area contributed by atoms with Crippen LogP contribution in [0.4, 0.5) is 5.69 Å². The third-order valence-electron chi connectivity index (χ3n) is 2.62. The first-order valence-corrected chi connectivity index (χ1v) is 4.78. The van der Waals surface area contributed by atoms with Gasteiger partial charge in [0.2, 0.25) is 0 Å². The zero-order chi connectivity index (χ0) is 9.10. The Morgan fingerprint density at radius 2 is 2.46 bits per heavy atom. The highest BCUT2D eigenvalue weighted by atomic mass is 14.9. The molecule has 0 aliphatic carbocycles. The van der Waals surface area contributed by atoms with Crippen LogP contribution in [0.3, 0.4) is 0 Å². The fourth-order valence-electron chi connectivity index (χ4n) is 1.91. The molecule has 0 unspecified atom stereocenters. The normalized spacial score (nSPS) is 22.9. The van der Waals surface area contributed by atoms with Gasteiger partial charge in [-0.25, -0.2) is 0 Å². The van der Waals surface area contributed by atoms with E-state index in [1.54, 1.807) is 6.20 Å². The van der Waals surface area contributed by atoms with E-state index in [0.717, 1.165) is 18.8 Å². The minimum atomic E-state index is 0.580. The van der Waals surface area contributed by atoms with E-state index in [1.165, 1.54) is 18.4 Å². The lowest BCUT2D eigenvalue weighted by Gasteiger charge is -2.23. The van der Waals surface area contributed by atoms with Gasteiger partial charge in [-0.3, -0.25) is 4.98 Å². The van der Waals surface area contributed by atoms with Gasteiger partial charge in [-0.2, -0.15) is 0 Å². The predicted molar refractivity (Wildman–Crippen MR) is 53.5 cm³/mol. The number of hydrogen-bond acceptors (Lipinski definition) is 3. The molecular weight excluding hydrogens is 162 g/mol. The maximum atomic E-state index is 5.86. The summed E-state index contributed by atoms with van der Waals surface area (Å²) in [5.74, 6) is 0.580. The Bertz CT molecular complexity index is 279. The Labute approximate surface area is 78.4 Å². The van der Waals surface area contributed by atoms with E-state index in [0.29, 0.717) is 5.92 Å². The number of nitrogens with one attached hydrogen (secondary N) is 1. The highest BCUT2D eigenvalue weighted by Crippen LogP contribution is 2.26. The minimum Gasteiger partial charge on any atom is -0.397 e. The average molecular weight is 177 g/mol. The molecule has 0 bridgehead atoms. The van der Waals surface area contributed by atoms with Crippen LogP contribution in [0.15, 0.2) is 18.5 Å². The lowest BCUT2D eigenvalue weighted by Crippen LogP contribution is -2.28. The molecule has 3 N–H and O–H groups in total. The number of nitrogens with two attached hydrogens (primary N) is 1. The van der Waals surface area contributed by atoms with Crippen molar-refractivity contribution in [3.05, 3.63) is 24.0 Å². The average Bonchev–Trinajstić information content (AvgIpc) is 2.20. The predicted octanol–water partition coefficient (Wildman–Crippen LogP) is 1.13. The minimum absolute atomic E-state index is 0.580. The van der Waals surface area contributed by atoms with E-state index in [9.17, 15) is 0 Å². The molecule has 3 nitrogen and oxygen atoms in total. The molecule has 1 aromatic rings. The summed E-state index contributed by atoms with van der Waals surface area (Å²) in [5, 5.41) is 3.38. The van der Waals surface area contributed by atoms with Crippen molar-refractivity contribution in [2.75, 3.05) is 18.8 Å². The number of hydrogen-bond donors (Lipinski definition) is 2. The van der Waals surface area contributed by atoms with Crippen molar-refractivity contribution in [1.82, 2.24) is 10.3 Å². The van der Waals surface area contributed by atoms with Crippen LogP contribution in [-0.4, -0.2) is 18.1 Å². The summed E-state index contributed by atoms with van der Waals surface area (Å²) < 4.78 is 0. The lowest BCUT2D eigenvalue weighted by molar-refractivity contribution is 0.462. The summed E-state index contributed by atoms with van der Waals surface area (Å²) in [4.78, 5) is 3.99. The fourth-order valence-corrected chi connectivity index (χ4v) is 1.91. The molecule has 2 rings (SSSR count). The second-order valence-electron chi connectivity index (χ2n) is 3.55. The van der Waals surface area contributed by atoms with Gasteiger partial charge in [0.15, 0.2) is 0 Å². The first-order chi connectivity index (χ1) is 6.38. The summed E-state index contributed by atoms with van der Waals surface area (Å²) in [6.07, 6.45) is 6.04. The Morgan fingerprint density at radius 3 is 3.15 bits per heavy atom. The first-order valence-electron chi connectivity index (χ1n) is 4.78. The van der Waals surface area contributed by atoms with Crippen molar-refractivity contribution >= 4 is 5.69 Å². The quantitative estimate of drug-likeness (QED) is 0.676. The highest BCUT2D eigenvalue weighted by molar-refractivity contribution is 5.46. The molecule has 1 fully saturated rings. The zero-order valence-electron chi connectivity index (χ0n) is 7.66. The van der Waals surface area contributed by atoms with E-state index in [1.807, 2.05) is 12.3 Å². The summed E-state index contributed by atoms with van der Waals surface area (Å²) in [6.45, 7) is 2.19. The van der Waals surface area contributed by atoms with Gasteiger partial charge in [0.25, 0.3) is 0 Å². The summed E-state index contributed by atoms with van der Waals surface area (Å²) >= 11 is 0. The first kappa shape index (κ1) is 8.51. The van der Waals surface area contributed by atoms with Crippen LogP contribution in [0.1, 0.15) is 24.3 Å². The van der Waals surface area contributed by atoms with Crippen molar-refractivity contribution < 1.29 is 0 Å². The summed E-state index contributed by atoms with van der Waals surface area (Å²) in [6, 6.07) is 2.03. The molecule has 0 radical (unpaired) electrons. The molecule has 3 heteroatoms. The Hall–Kier alpha value is -1.09. The third kappa shape index (κ3) is 1.80. The van der Waals surface area contributed by atoms with Gasteiger partial charge in [0.05, 0.1) is 11.9 Å². The molecule has 70 valence electrons. The molecule has 13 heavy (non-hydrogen) atoms. The molecular formula is C10H15N3. The maximum absolute atomic E-state index is 5.86. The number of nitrogen functional groups attached to an aromatic ring is 1. The van der Waals surface area contributed by atoms with E-state index in [2.05, 4.69) is 10.3 Å². The molecule has 1 aliphatic rings. The standard InChI is InChI=1S/C10H15N3/c11-10-7-13-5-3-9(10)8-2-1-4-12-6-8/h3,5,7-8,12H,1-2,4,6,11H2/t8-/m0/s1. The molecule has 2 heterocycles. The van der Waals surface area contributed by atoms with Crippen molar-refractivity contribution in [3.8, 4) is 0 Å². The smallest absolute Gasteiger partial charge is 0.0536 e. The highest BCUT2D eigenvalue weighted by Gasteiger charge is 2.16. The van der Waals surface area contributed by atoms with Gasteiger partial charge in [-0.05, 0) is 36.9 Å². The largest absolute Gasteiger partial charge is 0.397 e. The number of anilines is 1. The number of aromatic nitrogens is 1. The van der Waals surface area contributed by atoms with Crippen molar-refractivity contribution in [2.24, 2.45) is 0 Å². The van der Waals surface area contributed by atoms with Gasteiger partial charge >= 0.3 is 0 Å². The van der Waals surface area contributed by atoms with Gasteiger partial charge in [-0.15, -0.1) is 0 Å². The lowest BCUT2D eigenvalue weighted by atomic mass is 9.91. The van der Waals surface area contributed by atoms with Gasteiger partial charge < -0.3 is 11.1 Å². The molecule has 0 aromatic carbocycles. The number of piperidine rings is 1. The number of pyridine rings is 1. The SMILES string of the molecule is Nc1cnccc1[C@H]1CCCNC1. The monoisotopic (exact) mass is 177 g/mol. The molecule has 1 aliphatic heterocycles. The summed E-state index contributed by atoms with van der Waals surface area (Å²) in [5.41, 5.74) is 7.94. The van der Waals surface area contributed by atoms with Gasteiger partial charge in [0, 0.05) is 12.7 Å². The van der Waals surface area contributed by atoms with E-state index >= 15 is 0 Å². The van der Waals surface area contributed by atoms with E-state index in [4.69, 9.17) is 5.73 Å². The van der Waals surface area contributed by atoms with Crippen molar-refractivity contribution in [1.29, 1.82) is 0 Å².